The predicted molar refractivity (Wildman–Crippen MR) is 88.6 cm³/mol. The van der Waals surface area contributed by atoms with Gasteiger partial charge in [0, 0.05) is 23.3 Å². The Morgan fingerprint density at radius 2 is 2.00 bits per heavy atom. The fourth-order valence-electron chi connectivity index (χ4n) is 1.92. The Labute approximate surface area is 138 Å². The van der Waals surface area contributed by atoms with Crippen LogP contribution in [-0.2, 0) is 0 Å². The van der Waals surface area contributed by atoms with E-state index in [0.717, 1.165) is 5.56 Å². The van der Waals surface area contributed by atoms with Gasteiger partial charge in [-0.05, 0) is 31.2 Å². The Bertz CT molecular complexity index is 689. The predicted octanol–water partition coefficient (Wildman–Crippen LogP) is 4.49. The van der Waals surface area contributed by atoms with Crippen molar-refractivity contribution in [1.29, 1.82) is 0 Å². The Morgan fingerprint density at radius 1 is 1.23 bits per heavy atom. The zero-order valence-electron chi connectivity index (χ0n) is 11.9. The standard InChI is InChI=1S/C16H15Cl2NO3/c1-10-2-5-14(12(8-10)16(20)21)19-6-7-22-15-9-11(17)3-4-13(15)18/h2-5,8-9,19H,6-7H2,1H3,(H,20,21). The highest BCUT2D eigenvalue weighted by Crippen LogP contribution is 2.27. The van der Waals surface area contributed by atoms with Gasteiger partial charge in [0.05, 0.1) is 10.6 Å². The van der Waals surface area contributed by atoms with Crippen LogP contribution in [-0.4, -0.2) is 24.2 Å². The van der Waals surface area contributed by atoms with Crippen molar-refractivity contribution >= 4 is 34.9 Å². The van der Waals surface area contributed by atoms with Crippen molar-refractivity contribution in [2.45, 2.75) is 6.92 Å². The fourth-order valence-corrected chi connectivity index (χ4v) is 2.26. The van der Waals surface area contributed by atoms with Crippen LogP contribution in [0, 0.1) is 6.92 Å². The van der Waals surface area contributed by atoms with Crippen LogP contribution >= 0.6 is 23.2 Å². The normalized spacial score (nSPS) is 10.3. The highest BCUT2D eigenvalue weighted by atomic mass is 35.5. The lowest BCUT2D eigenvalue weighted by molar-refractivity contribution is 0.0698. The topological polar surface area (TPSA) is 58.6 Å². The summed E-state index contributed by atoms with van der Waals surface area (Å²) in [6.07, 6.45) is 0. The summed E-state index contributed by atoms with van der Waals surface area (Å²) in [4.78, 5) is 11.2. The van der Waals surface area contributed by atoms with Crippen molar-refractivity contribution in [3.05, 3.63) is 57.6 Å². The van der Waals surface area contributed by atoms with E-state index in [2.05, 4.69) is 5.32 Å². The van der Waals surface area contributed by atoms with E-state index in [0.29, 0.717) is 34.6 Å². The molecule has 0 unspecified atom stereocenters. The van der Waals surface area contributed by atoms with Crippen molar-refractivity contribution in [3.8, 4) is 5.75 Å². The molecule has 2 N–H and O–H groups in total. The number of ether oxygens (including phenoxy) is 1. The molecular weight excluding hydrogens is 325 g/mol. The quantitative estimate of drug-likeness (QED) is 0.761. The minimum absolute atomic E-state index is 0.237. The molecule has 2 rings (SSSR count). The van der Waals surface area contributed by atoms with E-state index >= 15 is 0 Å². The summed E-state index contributed by atoms with van der Waals surface area (Å²) in [6.45, 7) is 2.61. The molecule has 0 saturated carbocycles. The van der Waals surface area contributed by atoms with E-state index < -0.39 is 5.97 Å². The molecule has 2 aromatic carbocycles. The van der Waals surface area contributed by atoms with Crippen LogP contribution in [0.5, 0.6) is 5.75 Å². The first-order valence-corrected chi connectivity index (χ1v) is 7.38. The molecule has 116 valence electrons. The van der Waals surface area contributed by atoms with Gasteiger partial charge in [0.2, 0.25) is 0 Å². The number of rotatable bonds is 6. The first-order chi connectivity index (χ1) is 10.5. The molecule has 0 atom stereocenters. The molecule has 0 bridgehead atoms. The van der Waals surface area contributed by atoms with Gasteiger partial charge in [0.1, 0.15) is 12.4 Å². The zero-order valence-corrected chi connectivity index (χ0v) is 13.4. The van der Waals surface area contributed by atoms with E-state index in [1.54, 1.807) is 30.3 Å². The lowest BCUT2D eigenvalue weighted by Crippen LogP contribution is -2.14. The SMILES string of the molecule is Cc1ccc(NCCOc2cc(Cl)ccc2Cl)c(C(=O)O)c1. The number of hydrogen-bond donors (Lipinski definition) is 2. The molecule has 0 heterocycles. The Balaban J connectivity index is 1.94. The fraction of sp³-hybridized carbons (Fsp3) is 0.188. The maximum Gasteiger partial charge on any atom is 0.337 e. The van der Waals surface area contributed by atoms with Crippen LogP contribution in [0.4, 0.5) is 5.69 Å². The van der Waals surface area contributed by atoms with E-state index in [9.17, 15) is 9.90 Å². The van der Waals surface area contributed by atoms with E-state index in [4.69, 9.17) is 27.9 Å². The summed E-state index contributed by atoms with van der Waals surface area (Å²) in [7, 11) is 0. The Morgan fingerprint density at radius 3 is 2.73 bits per heavy atom. The molecule has 0 aromatic heterocycles. The molecule has 0 spiro atoms. The number of hydrogen-bond acceptors (Lipinski definition) is 3. The monoisotopic (exact) mass is 339 g/mol. The molecule has 0 aliphatic rings. The second kappa shape index (κ2) is 7.38. The highest BCUT2D eigenvalue weighted by Gasteiger charge is 2.10. The maximum atomic E-state index is 11.2. The molecule has 0 saturated heterocycles. The molecule has 4 nitrogen and oxygen atoms in total. The highest BCUT2D eigenvalue weighted by molar-refractivity contribution is 6.34. The van der Waals surface area contributed by atoms with E-state index in [1.807, 2.05) is 13.0 Å². The van der Waals surface area contributed by atoms with Crippen molar-refractivity contribution in [1.82, 2.24) is 0 Å². The summed E-state index contributed by atoms with van der Waals surface area (Å²) >= 11 is 11.9. The first-order valence-electron chi connectivity index (χ1n) is 6.63. The lowest BCUT2D eigenvalue weighted by Gasteiger charge is -2.12. The van der Waals surface area contributed by atoms with Gasteiger partial charge in [0.15, 0.2) is 0 Å². The average molecular weight is 340 g/mol. The van der Waals surface area contributed by atoms with Gasteiger partial charge in [-0.15, -0.1) is 0 Å². The Kier molecular flexibility index (Phi) is 5.52. The van der Waals surface area contributed by atoms with Gasteiger partial charge in [-0.3, -0.25) is 0 Å². The van der Waals surface area contributed by atoms with Gasteiger partial charge in [-0.25, -0.2) is 4.79 Å². The molecule has 2 aromatic rings. The van der Waals surface area contributed by atoms with Crippen molar-refractivity contribution in [2.24, 2.45) is 0 Å². The summed E-state index contributed by atoms with van der Waals surface area (Å²) in [5.41, 5.74) is 1.68. The number of carboxylic acid groups (broad SMARTS) is 1. The molecule has 22 heavy (non-hydrogen) atoms. The lowest BCUT2D eigenvalue weighted by atomic mass is 10.1. The number of benzene rings is 2. The second-order valence-corrected chi connectivity index (χ2v) is 5.55. The second-order valence-electron chi connectivity index (χ2n) is 4.70. The van der Waals surface area contributed by atoms with Gasteiger partial charge < -0.3 is 15.2 Å². The van der Waals surface area contributed by atoms with Crippen LogP contribution in [0.3, 0.4) is 0 Å². The Hall–Kier alpha value is -1.91. The van der Waals surface area contributed by atoms with Gasteiger partial charge >= 0.3 is 5.97 Å². The number of halogens is 2. The summed E-state index contributed by atoms with van der Waals surface area (Å²) < 4.78 is 5.54. The number of aromatic carboxylic acids is 1. The molecule has 0 aliphatic carbocycles. The van der Waals surface area contributed by atoms with Crippen LogP contribution in [0.2, 0.25) is 10.0 Å². The average Bonchev–Trinajstić information content (AvgIpc) is 2.48. The third-order valence-electron chi connectivity index (χ3n) is 2.97. The van der Waals surface area contributed by atoms with Crippen molar-refractivity contribution in [2.75, 3.05) is 18.5 Å². The molecule has 0 amide bonds. The third-order valence-corrected chi connectivity index (χ3v) is 3.52. The summed E-state index contributed by atoms with van der Waals surface area (Å²) in [5, 5.41) is 13.3. The van der Waals surface area contributed by atoms with Crippen LogP contribution in [0.1, 0.15) is 15.9 Å². The van der Waals surface area contributed by atoms with Crippen LogP contribution in [0.25, 0.3) is 0 Å². The maximum absolute atomic E-state index is 11.2. The molecule has 0 aliphatic heterocycles. The summed E-state index contributed by atoms with van der Waals surface area (Å²) in [6, 6.07) is 10.2. The molecule has 6 heteroatoms. The van der Waals surface area contributed by atoms with Crippen molar-refractivity contribution in [3.63, 3.8) is 0 Å². The first kappa shape index (κ1) is 16.5. The number of carboxylic acids is 1. The molecular formula is C16H15Cl2NO3. The summed E-state index contributed by atoms with van der Waals surface area (Å²) in [5.74, 6) is -0.469. The number of nitrogens with one attached hydrogen (secondary N) is 1. The van der Waals surface area contributed by atoms with Gasteiger partial charge in [0.25, 0.3) is 0 Å². The minimum atomic E-state index is -0.968. The molecule has 0 radical (unpaired) electrons. The van der Waals surface area contributed by atoms with Crippen molar-refractivity contribution < 1.29 is 14.6 Å². The smallest absolute Gasteiger partial charge is 0.337 e. The van der Waals surface area contributed by atoms with Crippen LogP contribution in [0.15, 0.2) is 36.4 Å². The zero-order chi connectivity index (χ0) is 16.1. The van der Waals surface area contributed by atoms with Gasteiger partial charge in [-0.1, -0.05) is 34.8 Å². The number of aryl methyl sites for hydroxylation is 1. The van der Waals surface area contributed by atoms with E-state index in [-0.39, 0.29) is 5.56 Å². The number of carbonyl (C=O) groups is 1. The number of anilines is 1. The minimum Gasteiger partial charge on any atom is -0.490 e. The largest absolute Gasteiger partial charge is 0.490 e. The third kappa shape index (κ3) is 4.29. The van der Waals surface area contributed by atoms with E-state index in [1.165, 1.54) is 0 Å². The van der Waals surface area contributed by atoms with Crippen LogP contribution < -0.4 is 10.1 Å². The molecule has 0 fully saturated rings. The van der Waals surface area contributed by atoms with Gasteiger partial charge in [-0.2, -0.15) is 0 Å².